The van der Waals surface area contributed by atoms with E-state index in [2.05, 4.69) is 20.5 Å². The van der Waals surface area contributed by atoms with Crippen LogP contribution in [0.3, 0.4) is 0 Å². The molecule has 1 heterocycles. The second-order valence-electron chi connectivity index (χ2n) is 6.29. The predicted octanol–water partition coefficient (Wildman–Crippen LogP) is 0.693. The number of anilines is 1. The number of aliphatic hydroxyl groups excluding tert-OH is 4. The zero-order valence-corrected chi connectivity index (χ0v) is 15.1. The minimum atomic E-state index is -1.55. The van der Waals surface area contributed by atoms with Crippen molar-refractivity contribution in [2.45, 2.75) is 24.7 Å². The first-order valence-corrected chi connectivity index (χ1v) is 8.82. The highest BCUT2D eigenvalue weighted by Gasteiger charge is 2.22. The Labute approximate surface area is 161 Å². The Kier molecular flexibility index (Phi) is 6.62. The molecule has 8 nitrogen and oxygen atoms in total. The molecule has 0 aliphatic heterocycles. The Morgan fingerprint density at radius 3 is 2.25 bits per heavy atom. The topological polar surface area (TPSA) is 131 Å². The number of aliphatic hydroxyl groups is 4. The number of nitrogens with zero attached hydrogens (tertiary/aromatic N) is 3. The lowest BCUT2D eigenvalue weighted by Gasteiger charge is -2.18. The van der Waals surface area contributed by atoms with E-state index >= 15 is 0 Å². The van der Waals surface area contributed by atoms with Crippen molar-refractivity contribution in [3.05, 3.63) is 65.9 Å². The van der Waals surface area contributed by atoms with Gasteiger partial charge in [0, 0.05) is 6.42 Å². The van der Waals surface area contributed by atoms with Crippen LogP contribution in [0.15, 0.2) is 59.7 Å². The summed E-state index contributed by atoms with van der Waals surface area (Å²) in [6.45, 7) is -0.670. The average Bonchev–Trinajstić information content (AvgIpc) is 2.73. The Balaban J connectivity index is 1.84. The summed E-state index contributed by atoms with van der Waals surface area (Å²) in [4.78, 5) is 9.20. The highest BCUT2D eigenvalue weighted by Crippen LogP contribution is 2.20. The van der Waals surface area contributed by atoms with Gasteiger partial charge in [0.15, 0.2) is 5.82 Å². The van der Waals surface area contributed by atoms with E-state index in [-0.39, 0.29) is 0 Å². The number of hydrogen-bond acceptors (Lipinski definition) is 8. The van der Waals surface area contributed by atoms with Gasteiger partial charge in [-0.1, -0.05) is 42.5 Å². The van der Waals surface area contributed by atoms with Crippen LogP contribution in [0.2, 0.25) is 0 Å². The molecule has 8 heteroatoms. The van der Waals surface area contributed by atoms with E-state index in [0.717, 1.165) is 17.3 Å². The van der Waals surface area contributed by atoms with Gasteiger partial charge in [-0.3, -0.25) is 5.43 Å². The largest absolute Gasteiger partial charge is 0.394 e. The lowest BCUT2D eigenvalue weighted by atomic mass is 10.1. The molecule has 3 atom stereocenters. The molecule has 1 unspecified atom stereocenters. The summed E-state index contributed by atoms with van der Waals surface area (Å²) < 4.78 is 0. The Bertz CT molecular complexity index is 936. The third-order valence-electron chi connectivity index (χ3n) is 4.19. The first-order chi connectivity index (χ1) is 13.6. The summed E-state index contributed by atoms with van der Waals surface area (Å²) in [5.74, 6) is 0.420. The van der Waals surface area contributed by atoms with Gasteiger partial charge < -0.3 is 20.4 Å². The van der Waals surface area contributed by atoms with Gasteiger partial charge in [-0.2, -0.15) is 5.10 Å². The van der Waals surface area contributed by atoms with Gasteiger partial charge >= 0.3 is 0 Å². The minimum Gasteiger partial charge on any atom is -0.394 e. The van der Waals surface area contributed by atoms with Crippen molar-refractivity contribution >= 4 is 23.1 Å². The molecular formula is C20H22N4O4. The number of hydrazone groups is 1. The second kappa shape index (κ2) is 9.34. The first-order valence-electron chi connectivity index (χ1n) is 8.82. The van der Waals surface area contributed by atoms with Crippen LogP contribution in [0.5, 0.6) is 0 Å². The molecule has 0 saturated heterocycles. The summed E-state index contributed by atoms with van der Waals surface area (Å²) in [6, 6.07) is 17.3. The van der Waals surface area contributed by atoms with Crippen molar-refractivity contribution < 1.29 is 20.4 Å². The first kappa shape index (κ1) is 19.8. The average molecular weight is 382 g/mol. The summed E-state index contributed by atoms with van der Waals surface area (Å²) >= 11 is 0. The Hall–Kier alpha value is -2.91. The molecule has 0 aliphatic rings. The fourth-order valence-corrected chi connectivity index (χ4v) is 2.64. The number of fused-ring (bicyclic) bond motifs is 1. The van der Waals surface area contributed by atoms with Crippen LogP contribution in [0.4, 0.5) is 5.82 Å². The number of rotatable bonds is 8. The van der Waals surface area contributed by atoms with Crippen molar-refractivity contribution in [3.63, 3.8) is 0 Å². The number of nitrogens with one attached hydrogen (secondary N) is 1. The third kappa shape index (κ3) is 4.87. The number of para-hydroxylation sites is 2. The summed E-state index contributed by atoms with van der Waals surface area (Å²) in [7, 11) is 0. The highest BCUT2D eigenvalue weighted by atomic mass is 16.4. The Morgan fingerprint density at radius 2 is 1.57 bits per heavy atom. The molecule has 0 radical (unpaired) electrons. The van der Waals surface area contributed by atoms with Gasteiger partial charge in [-0.05, 0) is 17.7 Å². The van der Waals surface area contributed by atoms with Crippen LogP contribution in [-0.4, -0.2) is 61.5 Å². The summed E-state index contributed by atoms with van der Waals surface area (Å²) in [5.41, 5.74) is 5.92. The lowest BCUT2D eigenvalue weighted by Crippen LogP contribution is -2.40. The standard InChI is InChI=1S/C20H22N4O4/c25-12-18(27)19(28)17(26)11-21-24-20-16(10-13-6-2-1-3-7-13)22-14-8-4-5-9-15(14)23-20/h1-9,11,17-19,25-28H,10,12H2,(H,23,24)/b21-11+/t17?,18-,19-/m1/s1. The van der Waals surface area contributed by atoms with Gasteiger partial charge in [0.2, 0.25) is 0 Å². The third-order valence-corrected chi connectivity index (χ3v) is 4.19. The SMILES string of the molecule is OC[C@@H](O)[C@H](O)C(O)/C=N/Nc1nc2ccccc2nc1Cc1ccccc1. The molecule has 3 aromatic rings. The van der Waals surface area contributed by atoms with Crippen LogP contribution in [0, 0.1) is 0 Å². The fraction of sp³-hybridized carbons (Fsp3) is 0.250. The van der Waals surface area contributed by atoms with Crippen molar-refractivity contribution in [3.8, 4) is 0 Å². The van der Waals surface area contributed by atoms with Crippen LogP contribution >= 0.6 is 0 Å². The van der Waals surface area contributed by atoms with Crippen LogP contribution in [-0.2, 0) is 6.42 Å². The fourth-order valence-electron chi connectivity index (χ4n) is 2.64. The number of aromatic nitrogens is 2. The van der Waals surface area contributed by atoms with E-state index in [0.29, 0.717) is 23.4 Å². The minimum absolute atomic E-state index is 0.420. The smallest absolute Gasteiger partial charge is 0.169 e. The molecule has 0 fully saturated rings. The van der Waals surface area contributed by atoms with Gasteiger partial charge in [0.25, 0.3) is 0 Å². The summed E-state index contributed by atoms with van der Waals surface area (Å²) in [5, 5.41) is 41.6. The van der Waals surface area contributed by atoms with E-state index < -0.39 is 24.9 Å². The van der Waals surface area contributed by atoms with Crippen LogP contribution in [0.25, 0.3) is 11.0 Å². The van der Waals surface area contributed by atoms with Gasteiger partial charge in [0.1, 0.15) is 18.3 Å². The predicted molar refractivity (Wildman–Crippen MR) is 106 cm³/mol. The quantitative estimate of drug-likeness (QED) is 0.286. The maximum Gasteiger partial charge on any atom is 0.169 e. The van der Waals surface area contributed by atoms with E-state index in [4.69, 9.17) is 5.11 Å². The second-order valence-corrected chi connectivity index (χ2v) is 6.29. The zero-order valence-electron chi connectivity index (χ0n) is 15.1. The normalized spacial score (nSPS) is 14.9. The number of hydrogen-bond donors (Lipinski definition) is 5. The number of benzene rings is 2. The lowest BCUT2D eigenvalue weighted by molar-refractivity contribution is -0.0541. The van der Waals surface area contributed by atoms with Crippen molar-refractivity contribution in [1.82, 2.24) is 9.97 Å². The molecule has 28 heavy (non-hydrogen) atoms. The molecular weight excluding hydrogens is 360 g/mol. The highest BCUT2D eigenvalue weighted by molar-refractivity contribution is 5.76. The van der Waals surface area contributed by atoms with E-state index in [1.807, 2.05) is 54.6 Å². The van der Waals surface area contributed by atoms with Crippen molar-refractivity contribution in [1.29, 1.82) is 0 Å². The maximum atomic E-state index is 9.83. The van der Waals surface area contributed by atoms with Gasteiger partial charge in [-0.15, -0.1) is 0 Å². The monoisotopic (exact) mass is 382 g/mol. The van der Waals surface area contributed by atoms with E-state index in [1.54, 1.807) is 0 Å². The molecule has 3 rings (SSSR count). The molecule has 0 amide bonds. The molecule has 0 aliphatic carbocycles. The van der Waals surface area contributed by atoms with Crippen molar-refractivity contribution in [2.75, 3.05) is 12.0 Å². The van der Waals surface area contributed by atoms with Crippen LogP contribution < -0.4 is 5.43 Å². The van der Waals surface area contributed by atoms with E-state index in [1.165, 1.54) is 0 Å². The molecule has 2 aromatic carbocycles. The van der Waals surface area contributed by atoms with Gasteiger partial charge in [-0.25, -0.2) is 9.97 Å². The molecule has 1 aromatic heterocycles. The van der Waals surface area contributed by atoms with E-state index in [9.17, 15) is 15.3 Å². The molecule has 146 valence electrons. The molecule has 0 bridgehead atoms. The van der Waals surface area contributed by atoms with Crippen molar-refractivity contribution in [2.24, 2.45) is 5.10 Å². The van der Waals surface area contributed by atoms with Crippen LogP contribution in [0.1, 0.15) is 11.3 Å². The molecule has 0 saturated carbocycles. The molecule has 0 spiro atoms. The maximum absolute atomic E-state index is 9.83. The molecule has 5 N–H and O–H groups in total. The zero-order chi connectivity index (χ0) is 19.9. The van der Waals surface area contributed by atoms with Gasteiger partial charge in [0.05, 0.1) is 29.5 Å². The summed E-state index contributed by atoms with van der Waals surface area (Å²) in [6.07, 6.45) is -2.91. The Morgan fingerprint density at radius 1 is 0.929 bits per heavy atom.